The van der Waals surface area contributed by atoms with Crippen LogP contribution in [0.2, 0.25) is 0 Å². The number of benzene rings is 5. The Morgan fingerprint density at radius 3 is 1.08 bits per heavy atom. The number of likely N-dealkylation sites (N-methyl/N-ethyl adjacent to an activating group) is 2. The molecule has 5 rings (SSSR count). The molecule has 0 aliphatic rings. The number of methoxy groups -OCH3 is 2. The second-order valence-corrected chi connectivity index (χ2v) is 19.5. The number of aromatic carboxylic acids is 1. The molecule has 27 heteroatoms. The van der Waals surface area contributed by atoms with Gasteiger partial charge in [0, 0.05) is 34.9 Å². The SMILES string of the molecule is CN/C(=C\c1c(C)cc(C(N)=O)cc1C)C(=O)OC.CNC(C=O)C(=O)OC.Cc1cc(C(=O)O)cc(C)c1O.Cc1cc(C(N)=O)cc(C)c1C=O.Cc1cc(C(N)=O)cc(C)c1O.Cc1cc(C(N)=O)cc(C)c1OS(=O)(=O)C(F)(F)F. The monoisotopic (exact) mass is 1200 g/mol. The second kappa shape index (κ2) is 33.3. The van der Waals surface area contributed by atoms with Crippen molar-refractivity contribution in [1.82, 2.24) is 10.6 Å². The van der Waals surface area contributed by atoms with E-state index in [4.69, 9.17) is 28.0 Å². The number of phenolic OH excluding ortho intramolecular Hbond substituents is 2. The molecule has 0 saturated carbocycles. The molecule has 13 N–H and O–H groups in total. The van der Waals surface area contributed by atoms with Gasteiger partial charge in [-0.25, -0.2) is 14.4 Å². The molecule has 0 aliphatic carbocycles. The zero-order valence-electron chi connectivity index (χ0n) is 48.5. The van der Waals surface area contributed by atoms with E-state index in [1.54, 1.807) is 91.1 Å². The number of alkyl halides is 3. The quantitative estimate of drug-likeness (QED) is 0.0160. The number of carboxylic acid groups (broad SMARTS) is 1. The largest absolute Gasteiger partial charge is 0.534 e. The van der Waals surface area contributed by atoms with Crippen LogP contribution in [-0.2, 0) is 34.0 Å². The number of halogens is 3. The Balaban J connectivity index is 0.00000100. The third-order valence-corrected chi connectivity index (χ3v) is 12.4. The number of rotatable bonds is 14. The summed E-state index contributed by atoms with van der Waals surface area (Å²) in [6.45, 7) is 16.7. The molecule has 1 unspecified atom stereocenters. The number of aromatic hydroxyl groups is 2. The van der Waals surface area contributed by atoms with E-state index in [0.717, 1.165) is 46.2 Å². The van der Waals surface area contributed by atoms with Crippen LogP contribution in [-0.4, -0.2) is 118 Å². The molecule has 5 aromatic carbocycles. The Morgan fingerprint density at radius 1 is 0.536 bits per heavy atom. The average molecular weight is 1200 g/mol. The summed E-state index contributed by atoms with van der Waals surface area (Å²) >= 11 is 0. The van der Waals surface area contributed by atoms with Gasteiger partial charge in [0.25, 0.3) is 0 Å². The summed E-state index contributed by atoms with van der Waals surface area (Å²) in [5.74, 6) is -4.25. The number of carboxylic acids is 1. The number of aryl methyl sites for hydroxylation is 10. The average Bonchev–Trinajstić information content (AvgIpc) is 3.40. The first kappa shape index (κ1) is 74.4. The van der Waals surface area contributed by atoms with E-state index in [-0.39, 0.29) is 33.8 Å². The molecule has 0 bridgehead atoms. The fraction of sp³-hybridized carbons (Fsp3) is 0.281. The van der Waals surface area contributed by atoms with E-state index in [1.165, 1.54) is 47.2 Å². The van der Waals surface area contributed by atoms with Crippen molar-refractivity contribution in [2.75, 3.05) is 28.3 Å². The Labute approximate surface area is 483 Å². The fourth-order valence-electron chi connectivity index (χ4n) is 7.06. The topological polar surface area (TPSA) is 404 Å². The molecular weight excluding hydrogens is 1130 g/mol. The van der Waals surface area contributed by atoms with Gasteiger partial charge >= 0.3 is 33.5 Å². The molecule has 0 spiro atoms. The molecule has 23 nitrogen and oxygen atoms in total. The van der Waals surface area contributed by atoms with Gasteiger partial charge in [0.05, 0.1) is 19.8 Å². The van der Waals surface area contributed by atoms with Crippen molar-refractivity contribution in [3.8, 4) is 17.2 Å². The minimum atomic E-state index is -5.75. The normalized spacial score (nSPS) is 10.9. The number of hydrogen-bond acceptors (Lipinski definition) is 18. The standard InChI is InChI=1S/C14H18N2O3.C10H10F3NO4S.C10H11NO2.C9H11NO2.C9H10O3.C5H9NO3/c1-8-5-10(13(15)17)6-9(2)11(8)7-12(16-3)14(18)19-4;1-5-3-7(9(14)15)4-6(2)8(5)18-19(16,17)10(11,12)13;1-6-3-8(10(11)13)4-7(2)9(6)5-12;1-5-3-7(9(10)12)4-6(2)8(5)11;1-5-3-7(9(11)12)4-6(2)8(5)10;1-6-4(3-7)5(8)9-2/h5-7,16H,1-4H3,(H2,15,17);3-4H,1-2H3,(H2,14,15);3-5H,1-2H3,(H2,11,13);3-4,11H,1-2H3,(H2,10,12);3-4,10H,1-2H3,(H,11,12);3-4,6H,1-2H3/b12-7-;;;;;. The number of nitrogens with two attached hydrogens (primary N) is 4. The van der Waals surface area contributed by atoms with Gasteiger partial charge in [0.1, 0.15) is 29.2 Å². The van der Waals surface area contributed by atoms with Crippen LogP contribution in [0.1, 0.15) is 123 Å². The molecule has 5 aromatic rings. The number of phenols is 2. The summed E-state index contributed by atoms with van der Waals surface area (Å²) in [4.78, 5) is 96.8. The minimum absolute atomic E-state index is 0.0479. The predicted molar refractivity (Wildman–Crippen MR) is 305 cm³/mol. The van der Waals surface area contributed by atoms with E-state index >= 15 is 0 Å². The number of ether oxygens (including phenoxy) is 2. The summed E-state index contributed by atoms with van der Waals surface area (Å²) in [6, 6.07) is 14.2. The van der Waals surface area contributed by atoms with E-state index < -0.39 is 69.0 Å². The highest BCUT2D eigenvalue weighted by molar-refractivity contribution is 7.88. The first-order valence-electron chi connectivity index (χ1n) is 24.2. The van der Waals surface area contributed by atoms with Crippen LogP contribution in [0.25, 0.3) is 6.08 Å². The maximum Gasteiger partial charge on any atom is 0.534 e. The van der Waals surface area contributed by atoms with Gasteiger partial charge in [-0.2, -0.15) is 21.6 Å². The summed E-state index contributed by atoms with van der Waals surface area (Å²) in [6.07, 6.45) is 2.97. The maximum absolute atomic E-state index is 12.2. The van der Waals surface area contributed by atoms with Gasteiger partial charge in [-0.05, 0) is 204 Å². The van der Waals surface area contributed by atoms with Gasteiger partial charge in [-0.3, -0.25) is 24.0 Å². The highest BCUT2D eigenvalue weighted by atomic mass is 32.2. The number of amides is 4. The van der Waals surface area contributed by atoms with Crippen molar-refractivity contribution in [3.05, 3.63) is 161 Å². The minimum Gasteiger partial charge on any atom is -0.507 e. The lowest BCUT2D eigenvalue weighted by Gasteiger charge is -2.14. The number of carbonyl (C=O) groups is 9. The maximum atomic E-state index is 12.2. The number of aldehydes is 2. The predicted octanol–water partition coefficient (Wildman–Crippen LogP) is 5.74. The molecule has 1 atom stereocenters. The molecule has 0 radical (unpaired) electrons. The van der Waals surface area contributed by atoms with Crippen LogP contribution in [0.3, 0.4) is 0 Å². The van der Waals surface area contributed by atoms with Crippen molar-refractivity contribution in [1.29, 1.82) is 0 Å². The van der Waals surface area contributed by atoms with Gasteiger partial charge in [-0.1, -0.05) is 0 Å². The van der Waals surface area contributed by atoms with E-state index in [1.807, 2.05) is 13.8 Å². The third kappa shape index (κ3) is 22.4. The van der Waals surface area contributed by atoms with Gasteiger partial charge in [-0.15, -0.1) is 0 Å². The smallest absolute Gasteiger partial charge is 0.507 e. The molecule has 0 saturated heterocycles. The Hall–Kier alpha value is -9.63. The number of carbonyl (C=O) groups excluding carboxylic acids is 8. The molecule has 0 heterocycles. The van der Waals surface area contributed by atoms with Gasteiger partial charge in [0.2, 0.25) is 23.6 Å². The summed E-state index contributed by atoms with van der Waals surface area (Å²) in [5, 5.41) is 32.6. The fourth-order valence-corrected chi connectivity index (χ4v) is 7.64. The molecule has 0 fully saturated rings. The molecule has 456 valence electrons. The first-order valence-corrected chi connectivity index (χ1v) is 25.6. The van der Waals surface area contributed by atoms with Crippen molar-refractivity contribution in [2.45, 2.75) is 80.8 Å². The number of nitrogens with one attached hydrogen (secondary N) is 2. The highest BCUT2D eigenvalue weighted by Gasteiger charge is 2.49. The lowest BCUT2D eigenvalue weighted by atomic mass is 9.98. The van der Waals surface area contributed by atoms with Crippen LogP contribution < -0.4 is 37.8 Å². The zero-order chi connectivity index (χ0) is 65.5. The van der Waals surface area contributed by atoms with Crippen LogP contribution in [0.4, 0.5) is 13.2 Å². The Morgan fingerprint density at radius 2 is 0.845 bits per heavy atom. The first-order chi connectivity index (χ1) is 38.7. The van der Waals surface area contributed by atoms with Crippen LogP contribution in [0.15, 0.2) is 66.4 Å². The molecule has 0 aromatic heterocycles. The second-order valence-electron chi connectivity index (χ2n) is 18.0. The van der Waals surface area contributed by atoms with E-state index in [2.05, 4.69) is 24.3 Å². The summed E-state index contributed by atoms with van der Waals surface area (Å²) < 4.78 is 71.4. The van der Waals surface area contributed by atoms with E-state index in [9.17, 15) is 75.0 Å². The van der Waals surface area contributed by atoms with Crippen LogP contribution in [0.5, 0.6) is 17.2 Å². The van der Waals surface area contributed by atoms with Crippen molar-refractivity contribution < 1.29 is 93.7 Å². The van der Waals surface area contributed by atoms with Crippen LogP contribution in [0, 0.1) is 69.2 Å². The molecule has 84 heavy (non-hydrogen) atoms. The molecular formula is C57H69F3N6O17S. The van der Waals surface area contributed by atoms with Gasteiger partial charge < -0.3 is 67.3 Å². The number of hydrogen-bond donors (Lipinski definition) is 9. The van der Waals surface area contributed by atoms with Gasteiger partial charge in [0.15, 0.2) is 12.3 Å². The lowest BCUT2D eigenvalue weighted by Crippen LogP contribution is -2.36. The highest BCUT2D eigenvalue weighted by Crippen LogP contribution is 2.32. The van der Waals surface area contributed by atoms with Crippen molar-refractivity contribution in [2.24, 2.45) is 22.9 Å². The zero-order valence-corrected chi connectivity index (χ0v) is 49.3. The summed E-state index contributed by atoms with van der Waals surface area (Å²) in [7, 11) is -0.0360. The number of esters is 2. The lowest BCUT2D eigenvalue weighted by molar-refractivity contribution is -0.144. The van der Waals surface area contributed by atoms with E-state index in [0.29, 0.717) is 56.5 Å². The molecule has 4 amide bonds. The molecule has 0 aliphatic heterocycles. The summed E-state index contributed by atoms with van der Waals surface area (Å²) in [5.41, 5.74) is 24.3. The van der Waals surface area contributed by atoms with Crippen molar-refractivity contribution in [3.63, 3.8) is 0 Å². The van der Waals surface area contributed by atoms with Crippen LogP contribution >= 0.6 is 0 Å². The third-order valence-electron chi connectivity index (χ3n) is 11.5. The number of primary amides is 4. The Kier molecular flexibility index (Phi) is 29.5. The Bertz CT molecular complexity index is 3250. The van der Waals surface area contributed by atoms with Crippen molar-refractivity contribution >= 4 is 70.3 Å².